The molecule has 2 N–H and O–H groups in total. The van der Waals surface area contributed by atoms with E-state index in [-0.39, 0.29) is 6.10 Å². The van der Waals surface area contributed by atoms with Gasteiger partial charge in [0.15, 0.2) is 0 Å². The van der Waals surface area contributed by atoms with E-state index in [1.54, 1.807) is 13.0 Å². The molecule has 1 aromatic carbocycles. The van der Waals surface area contributed by atoms with Crippen LogP contribution >= 0.6 is 27.5 Å². The lowest BCUT2D eigenvalue weighted by molar-refractivity contribution is 0.188. The lowest BCUT2D eigenvalue weighted by Crippen LogP contribution is -2.28. The van der Waals surface area contributed by atoms with E-state index in [0.717, 1.165) is 4.47 Å². The minimum absolute atomic E-state index is 0.337. The summed E-state index contributed by atoms with van der Waals surface area (Å²) < 4.78 is 6.40. The fourth-order valence-corrected chi connectivity index (χ4v) is 1.86. The molecule has 0 amide bonds. The normalized spacial score (nSPS) is 12.5. The Kier molecular flexibility index (Phi) is 6.13. The van der Waals surface area contributed by atoms with Crippen LogP contribution in [0.15, 0.2) is 22.7 Å². The molecule has 0 aliphatic heterocycles. The largest absolute Gasteiger partial charge is 0.491 e. The Labute approximate surface area is 109 Å². The minimum atomic E-state index is -0.337. The molecule has 1 aromatic rings. The van der Waals surface area contributed by atoms with Crippen molar-refractivity contribution in [3.8, 4) is 5.75 Å². The standard InChI is InChI=1S/C11H15BrClNO2/c1-8(15)7-14-4-5-16-11-3-2-9(12)6-10(11)13/h2-3,6,8,14-15H,4-5,7H2,1H3/t8-/m1/s1. The summed E-state index contributed by atoms with van der Waals surface area (Å²) >= 11 is 9.30. The van der Waals surface area contributed by atoms with Crippen LogP contribution in [0.2, 0.25) is 5.02 Å². The van der Waals surface area contributed by atoms with Gasteiger partial charge in [0.05, 0.1) is 11.1 Å². The van der Waals surface area contributed by atoms with Crippen LogP contribution in [0, 0.1) is 0 Å². The number of aliphatic hydroxyl groups is 1. The Balaban J connectivity index is 2.27. The maximum Gasteiger partial charge on any atom is 0.138 e. The molecular weight excluding hydrogens is 293 g/mol. The van der Waals surface area contributed by atoms with Gasteiger partial charge in [-0.15, -0.1) is 0 Å². The molecule has 3 nitrogen and oxygen atoms in total. The van der Waals surface area contributed by atoms with Crippen LogP contribution in [0.3, 0.4) is 0 Å². The molecule has 0 fully saturated rings. The van der Waals surface area contributed by atoms with Crippen molar-refractivity contribution in [3.05, 3.63) is 27.7 Å². The number of hydrogen-bond acceptors (Lipinski definition) is 3. The van der Waals surface area contributed by atoms with E-state index in [4.69, 9.17) is 21.4 Å². The average molecular weight is 309 g/mol. The highest BCUT2D eigenvalue weighted by molar-refractivity contribution is 9.10. The van der Waals surface area contributed by atoms with Crippen molar-refractivity contribution in [2.75, 3.05) is 19.7 Å². The zero-order valence-corrected chi connectivity index (χ0v) is 11.4. The van der Waals surface area contributed by atoms with Gasteiger partial charge in [0.1, 0.15) is 12.4 Å². The van der Waals surface area contributed by atoms with Crippen LogP contribution in [0.1, 0.15) is 6.92 Å². The smallest absolute Gasteiger partial charge is 0.138 e. The van der Waals surface area contributed by atoms with Crippen LogP contribution in [-0.4, -0.2) is 30.9 Å². The molecule has 5 heteroatoms. The predicted molar refractivity (Wildman–Crippen MR) is 69.2 cm³/mol. The van der Waals surface area contributed by atoms with Crippen LogP contribution in [0.4, 0.5) is 0 Å². The average Bonchev–Trinajstić information content (AvgIpc) is 2.20. The van der Waals surface area contributed by atoms with Crippen LogP contribution in [-0.2, 0) is 0 Å². The lowest BCUT2D eigenvalue weighted by Gasteiger charge is -2.10. The van der Waals surface area contributed by atoms with E-state index < -0.39 is 0 Å². The molecule has 0 radical (unpaired) electrons. The number of aliphatic hydroxyl groups excluding tert-OH is 1. The van der Waals surface area contributed by atoms with E-state index >= 15 is 0 Å². The molecule has 0 heterocycles. The summed E-state index contributed by atoms with van der Waals surface area (Å²) in [6, 6.07) is 5.49. The first kappa shape index (κ1) is 13.8. The highest BCUT2D eigenvalue weighted by Crippen LogP contribution is 2.27. The van der Waals surface area contributed by atoms with Crippen molar-refractivity contribution in [3.63, 3.8) is 0 Å². The molecule has 0 saturated carbocycles. The molecule has 16 heavy (non-hydrogen) atoms. The Morgan fingerprint density at radius 3 is 2.94 bits per heavy atom. The molecular formula is C11H15BrClNO2. The zero-order chi connectivity index (χ0) is 12.0. The Bertz CT molecular complexity index is 334. The van der Waals surface area contributed by atoms with Gasteiger partial charge in [0.25, 0.3) is 0 Å². The predicted octanol–water partition coefficient (Wildman–Crippen LogP) is 2.45. The van der Waals surface area contributed by atoms with Crippen LogP contribution < -0.4 is 10.1 Å². The Hall–Kier alpha value is -0.290. The van der Waals surface area contributed by atoms with Crippen molar-refractivity contribution >= 4 is 27.5 Å². The number of halogens is 2. The molecule has 0 unspecified atom stereocenters. The number of hydrogen-bond donors (Lipinski definition) is 2. The molecule has 0 aliphatic rings. The van der Waals surface area contributed by atoms with E-state index in [9.17, 15) is 0 Å². The second kappa shape index (κ2) is 7.12. The minimum Gasteiger partial charge on any atom is -0.491 e. The number of ether oxygens (including phenoxy) is 1. The maximum atomic E-state index is 9.01. The highest BCUT2D eigenvalue weighted by atomic mass is 79.9. The third-order valence-electron chi connectivity index (χ3n) is 1.87. The second-order valence-corrected chi connectivity index (χ2v) is 4.80. The molecule has 0 saturated heterocycles. The van der Waals surface area contributed by atoms with E-state index in [0.29, 0.717) is 30.5 Å². The van der Waals surface area contributed by atoms with Crippen molar-refractivity contribution < 1.29 is 9.84 Å². The summed E-state index contributed by atoms with van der Waals surface area (Å²) in [4.78, 5) is 0. The van der Waals surface area contributed by atoms with E-state index in [1.807, 2.05) is 12.1 Å². The monoisotopic (exact) mass is 307 g/mol. The summed E-state index contributed by atoms with van der Waals surface area (Å²) in [5, 5.41) is 12.7. The van der Waals surface area contributed by atoms with Crippen molar-refractivity contribution in [2.45, 2.75) is 13.0 Å². The number of rotatable bonds is 6. The van der Waals surface area contributed by atoms with E-state index in [2.05, 4.69) is 21.2 Å². The molecule has 0 spiro atoms. The first-order chi connectivity index (χ1) is 7.59. The van der Waals surface area contributed by atoms with Crippen molar-refractivity contribution in [1.29, 1.82) is 0 Å². The topological polar surface area (TPSA) is 41.5 Å². The zero-order valence-electron chi connectivity index (χ0n) is 9.04. The van der Waals surface area contributed by atoms with Gasteiger partial charge in [0, 0.05) is 17.6 Å². The molecule has 0 aliphatic carbocycles. The third-order valence-corrected chi connectivity index (χ3v) is 2.66. The quantitative estimate of drug-likeness (QED) is 0.793. The summed E-state index contributed by atoms with van der Waals surface area (Å²) in [5.74, 6) is 0.670. The van der Waals surface area contributed by atoms with Gasteiger partial charge in [0.2, 0.25) is 0 Å². The summed E-state index contributed by atoms with van der Waals surface area (Å²) in [7, 11) is 0. The van der Waals surface area contributed by atoms with Gasteiger partial charge < -0.3 is 15.2 Å². The molecule has 1 rings (SSSR count). The summed E-state index contributed by atoms with van der Waals surface area (Å²) in [6.07, 6.45) is -0.337. The molecule has 90 valence electrons. The van der Waals surface area contributed by atoms with Gasteiger partial charge in [-0.05, 0) is 25.1 Å². The van der Waals surface area contributed by atoms with E-state index in [1.165, 1.54) is 0 Å². The second-order valence-electron chi connectivity index (χ2n) is 3.48. The molecule has 1 atom stereocenters. The number of nitrogens with one attached hydrogen (secondary N) is 1. The van der Waals surface area contributed by atoms with Crippen LogP contribution in [0.25, 0.3) is 0 Å². The van der Waals surface area contributed by atoms with Gasteiger partial charge in [-0.1, -0.05) is 27.5 Å². The lowest BCUT2D eigenvalue weighted by atomic mass is 10.3. The van der Waals surface area contributed by atoms with Gasteiger partial charge >= 0.3 is 0 Å². The maximum absolute atomic E-state index is 9.01. The highest BCUT2D eigenvalue weighted by Gasteiger charge is 2.01. The third kappa shape index (κ3) is 5.16. The number of benzene rings is 1. The molecule has 0 aromatic heterocycles. The SMILES string of the molecule is C[C@@H](O)CNCCOc1ccc(Br)cc1Cl. The Morgan fingerprint density at radius 2 is 2.31 bits per heavy atom. The first-order valence-corrected chi connectivity index (χ1v) is 6.23. The fourth-order valence-electron chi connectivity index (χ4n) is 1.14. The van der Waals surface area contributed by atoms with Gasteiger partial charge in [-0.25, -0.2) is 0 Å². The van der Waals surface area contributed by atoms with Gasteiger partial charge in [-0.3, -0.25) is 0 Å². The first-order valence-electron chi connectivity index (χ1n) is 5.06. The van der Waals surface area contributed by atoms with Crippen LogP contribution in [0.5, 0.6) is 5.75 Å². The Morgan fingerprint density at radius 1 is 1.56 bits per heavy atom. The van der Waals surface area contributed by atoms with Crippen molar-refractivity contribution in [1.82, 2.24) is 5.32 Å². The van der Waals surface area contributed by atoms with Gasteiger partial charge in [-0.2, -0.15) is 0 Å². The fraction of sp³-hybridized carbons (Fsp3) is 0.455. The summed E-state index contributed by atoms with van der Waals surface area (Å²) in [6.45, 7) is 3.50. The molecule has 0 bridgehead atoms. The summed E-state index contributed by atoms with van der Waals surface area (Å²) in [5.41, 5.74) is 0. The van der Waals surface area contributed by atoms with Crippen molar-refractivity contribution in [2.24, 2.45) is 0 Å².